The lowest BCUT2D eigenvalue weighted by Crippen LogP contribution is -2.38. The number of carbonyl (C=O) groups is 2. The van der Waals surface area contributed by atoms with E-state index in [4.69, 9.17) is 0 Å². The van der Waals surface area contributed by atoms with Crippen LogP contribution >= 0.6 is 0 Å². The second-order valence-electron chi connectivity index (χ2n) is 14.4. The van der Waals surface area contributed by atoms with Gasteiger partial charge in [-0.05, 0) is 87.3 Å². The van der Waals surface area contributed by atoms with Gasteiger partial charge in [-0.2, -0.15) is 0 Å². The highest BCUT2D eigenvalue weighted by atomic mass is 16.2. The van der Waals surface area contributed by atoms with Crippen molar-refractivity contribution in [3.05, 3.63) is 59.7 Å². The van der Waals surface area contributed by atoms with E-state index in [0.717, 1.165) is 37.3 Å². The standard InChI is InChI=1S/C44H74N4O2/c1-5-9-13-17-21-33-47(34-22-18-14-10-6-2)37-45-43(49)41-29-25-39(26-30-41)40-27-31-42(32-28-40)44(50)46-38-48(35-23-19-15-11-7-3)36-24-20-16-12-8-4/h25-32H,5-24,33-38H2,1-4H3,(H,45,49)(H,46,50). The van der Waals surface area contributed by atoms with Crippen LogP contribution in [0.2, 0.25) is 0 Å². The molecule has 0 fully saturated rings. The Morgan fingerprint density at radius 2 is 0.660 bits per heavy atom. The zero-order chi connectivity index (χ0) is 36.1. The smallest absolute Gasteiger partial charge is 0.252 e. The molecule has 0 saturated carbocycles. The molecular weight excluding hydrogens is 617 g/mol. The number of unbranched alkanes of at least 4 members (excludes halogenated alkanes) is 16. The third-order valence-electron chi connectivity index (χ3n) is 9.87. The van der Waals surface area contributed by atoms with Crippen molar-refractivity contribution in [1.82, 2.24) is 20.4 Å². The lowest BCUT2D eigenvalue weighted by Gasteiger charge is -2.23. The molecular formula is C44H74N4O2. The van der Waals surface area contributed by atoms with E-state index in [0.29, 0.717) is 24.5 Å². The van der Waals surface area contributed by atoms with E-state index in [1.165, 1.54) is 128 Å². The molecule has 0 saturated heterocycles. The van der Waals surface area contributed by atoms with Crippen LogP contribution in [0.15, 0.2) is 48.5 Å². The van der Waals surface area contributed by atoms with Crippen molar-refractivity contribution in [1.29, 1.82) is 0 Å². The molecule has 0 bridgehead atoms. The number of hydrogen-bond donors (Lipinski definition) is 2. The monoisotopic (exact) mass is 691 g/mol. The van der Waals surface area contributed by atoms with Crippen LogP contribution in [-0.4, -0.2) is 61.1 Å². The summed E-state index contributed by atoms with van der Waals surface area (Å²) in [5.74, 6) is -0.0528. The van der Waals surface area contributed by atoms with Crippen molar-refractivity contribution >= 4 is 11.8 Å². The van der Waals surface area contributed by atoms with Crippen LogP contribution in [-0.2, 0) is 0 Å². The van der Waals surface area contributed by atoms with E-state index in [1.54, 1.807) is 0 Å². The van der Waals surface area contributed by atoms with Gasteiger partial charge in [0, 0.05) is 11.1 Å². The molecule has 2 aromatic carbocycles. The lowest BCUT2D eigenvalue weighted by molar-refractivity contribution is 0.0912. The van der Waals surface area contributed by atoms with E-state index in [1.807, 2.05) is 48.5 Å². The highest BCUT2D eigenvalue weighted by Crippen LogP contribution is 2.21. The molecule has 2 rings (SSSR count). The topological polar surface area (TPSA) is 64.7 Å². The predicted octanol–water partition coefficient (Wildman–Crippen LogP) is 11.2. The molecule has 0 aliphatic carbocycles. The fraction of sp³-hybridized carbons (Fsp3) is 0.682. The van der Waals surface area contributed by atoms with Crippen LogP contribution in [0.25, 0.3) is 11.1 Å². The minimum atomic E-state index is -0.0264. The number of amides is 2. The Labute approximate surface area is 307 Å². The first-order chi connectivity index (χ1) is 24.5. The average Bonchev–Trinajstić information content (AvgIpc) is 3.14. The summed E-state index contributed by atoms with van der Waals surface area (Å²) in [6.07, 6.45) is 25.3. The third-order valence-corrected chi connectivity index (χ3v) is 9.87. The highest BCUT2D eigenvalue weighted by Gasteiger charge is 2.12. The predicted molar refractivity (Wildman–Crippen MR) is 215 cm³/mol. The summed E-state index contributed by atoms with van der Waals surface area (Å²) >= 11 is 0. The molecule has 0 heterocycles. The van der Waals surface area contributed by atoms with Gasteiger partial charge in [0.25, 0.3) is 11.8 Å². The van der Waals surface area contributed by atoms with Crippen molar-refractivity contribution in [2.45, 2.75) is 156 Å². The van der Waals surface area contributed by atoms with Gasteiger partial charge >= 0.3 is 0 Å². The first-order valence-electron chi connectivity index (χ1n) is 20.7. The van der Waals surface area contributed by atoms with Gasteiger partial charge in [-0.15, -0.1) is 0 Å². The number of nitrogens with zero attached hydrogens (tertiary/aromatic N) is 2. The van der Waals surface area contributed by atoms with Gasteiger partial charge in [-0.25, -0.2) is 0 Å². The van der Waals surface area contributed by atoms with Crippen LogP contribution in [0.3, 0.4) is 0 Å². The van der Waals surface area contributed by atoms with Crippen LogP contribution in [0.4, 0.5) is 0 Å². The highest BCUT2D eigenvalue weighted by molar-refractivity contribution is 5.95. The van der Waals surface area contributed by atoms with Crippen molar-refractivity contribution in [2.24, 2.45) is 0 Å². The first-order valence-corrected chi connectivity index (χ1v) is 20.7. The summed E-state index contributed by atoms with van der Waals surface area (Å²) in [5, 5.41) is 6.36. The van der Waals surface area contributed by atoms with Gasteiger partial charge < -0.3 is 10.6 Å². The second-order valence-corrected chi connectivity index (χ2v) is 14.4. The number of benzene rings is 2. The fourth-order valence-electron chi connectivity index (χ4n) is 6.50. The van der Waals surface area contributed by atoms with Crippen molar-refractivity contribution < 1.29 is 9.59 Å². The molecule has 0 spiro atoms. The van der Waals surface area contributed by atoms with E-state index >= 15 is 0 Å². The van der Waals surface area contributed by atoms with Gasteiger partial charge in [0.15, 0.2) is 0 Å². The zero-order valence-corrected chi connectivity index (χ0v) is 32.7. The van der Waals surface area contributed by atoms with Gasteiger partial charge in [0.1, 0.15) is 0 Å². The molecule has 0 aromatic heterocycles. The Morgan fingerprint density at radius 1 is 0.400 bits per heavy atom. The van der Waals surface area contributed by atoms with Gasteiger partial charge in [0.2, 0.25) is 0 Å². The number of hydrogen-bond acceptors (Lipinski definition) is 4. The maximum atomic E-state index is 13.1. The minimum absolute atomic E-state index is 0.0264. The van der Waals surface area contributed by atoms with E-state index < -0.39 is 0 Å². The van der Waals surface area contributed by atoms with Gasteiger partial charge in [0.05, 0.1) is 13.3 Å². The molecule has 6 nitrogen and oxygen atoms in total. The minimum Gasteiger partial charge on any atom is -0.339 e. The third kappa shape index (κ3) is 19.6. The molecule has 50 heavy (non-hydrogen) atoms. The Hall–Kier alpha value is -2.70. The first kappa shape index (κ1) is 43.5. The molecule has 0 aliphatic rings. The van der Waals surface area contributed by atoms with E-state index in [-0.39, 0.29) is 11.8 Å². The van der Waals surface area contributed by atoms with Gasteiger partial charge in [-0.3, -0.25) is 19.4 Å². The maximum absolute atomic E-state index is 13.1. The molecule has 0 atom stereocenters. The zero-order valence-electron chi connectivity index (χ0n) is 32.7. The summed E-state index contributed by atoms with van der Waals surface area (Å²) in [7, 11) is 0. The molecule has 282 valence electrons. The Kier molecular flexibility index (Phi) is 25.2. The maximum Gasteiger partial charge on any atom is 0.252 e. The van der Waals surface area contributed by atoms with Crippen LogP contribution in [0.1, 0.15) is 177 Å². The molecule has 0 unspecified atom stereocenters. The Morgan fingerprint density at radius 3 is 0.920 bits per heavy atom. The summed E-state index contributed by atoms with van der Waals surface area (Å²) in [6.45, 7) is 14.4. The summed E-state index contributed by atoms with van der Waals surface area (Å²) in [4.78, 5) is 31.0. The van der Waals surface area contributed by atoms with E-state index in [2.05, 4.69) is 48.1 Å². The number of carbonyl (C=O) groups excluding carboxylic acids is 2. The SMILES string of the molecule is CCCCCCCN(CCCCCCC)CNC(=O)c1ccc(-c2ccc(C(=O)NCN(CCCCCCC)CCCCCCC)cc2)cc1. The quantitative estimate of drug-likeness (QED) is 0.0610. The second kappa shape index (κ2) is 28.9. The largest absolute Gasteiger partial charge is 0.339 e. The summed E-state index contributed by atoms with van der Waals surface area (Å²) in [6, 6.07) is 15.6. The van der Waals surface area contributed by atoms with Crippen LogP contribution in [0, 0.1) is 0 Å². The normalized spacial score (nSPS) is 11.4. The Balaban J connectivity index is 1.87. The molecule has 2 amide bonds. The summed E-state index contributed by atoms with van der Waals surface area (Å²) < 4.78 is 0. The molecule has 0 radical (unpaired) electrons. The number of rotatable bonds is 31. The van der Waals surface area contributed by atoms with Crippen LogP contribution in [0.5, 0.6) is 0 Å². The Bertz CT molecular complexity index is 1000. The molecule has 2 N–H and O–H groups in total. The fourth-order valence-corrected chi connectivity index (χ4v) is 6.50. The average molecular weight is 691 g/mol. The van der Waals surface area contributed by atoms with Crippen LogP contribution < -0.4 is 10.6 Å². The van der Waals surface area contributed by atoms with Crippen molar-refractivity contribution in [2.75, 3.05) is 39.5 Å². The van der Waals surface area contributed by atoms with Gasteiger partial charge in [-0.1, -0.05) is 155 Å². The lowest BCUT2D eigenvalue weighted by atomic mass is 10.0. The van der Waals surface area contributed by atoms with E-state index in [9.17, 15) is 9.59 Å². The van der Waals surface area contributed by atoms with Crippen molar-refractivity contribution in [3.63, 3.8) is 0 Å². The number of nitrogens with one attached hydrogen (secondary N) is 2. The molecule has 6 heteroatoms. The summed E-state index contributed by atoms with van der Waals surface area (Å²) in [5.41, 5.74) is 3.42. The molecule has 0 aliphatic heterocycles. The van der Waals surface area contributed by atoms with Crippen molar-refractivity contribution in [3.8, 4) is 11.1 Å². The molecule has 2 aromatic rings.